The third kappa shape index (κ3) is 6.80. The van der Waals surface area contributed by atoms with Gasteiger partial charge in [-0.25, -0.2) is 0 Å². The van der Waals surface area contributed by atoms with Crippen LogP contribution in [0.2, 0.25) is 0 Å². The van der Waals surface area contributed by atoms with Gasteiger partial charge in [-0.05, 0) is 153 Å². The van der Waals surface area contributed by atoms with Crippen LogP contribution in [-0.4, -0.2) is 0 Å². The molecule has 0 aliphatic heterocycles. The fourth-order valence-electron chi connectivity index (χ4n) is 13.2. The molecule has 1 nitrogen and oxygen atoms in total. The Balaban J connectivity index is 0.855. The molecule has 0 amide bonds. The van der Waals surface area contributed by atoms with Crippen molar-refractivity contribution in [3.63, 3.8) is 0 Å². The highest BCUT2D eigenvalue weighted by Gasteiger charge is 2.25. The van der Waals surface area contributed by atoms with E-state index >= 15 is 0 Å². The quantitative estimate of drug-likeness (QED) is 0.151. The zero-order chi connectivity index (χ0) is 51.7. The van der Waals surface area contributed by atoms with Gasteiger partial charge in [0.05, 0.1) is 0 Å². The summed E-state index contributed by atoms with van der Waals surface area (Å²) in [4.78, 5) is 0. The van der Waals surface area contributed by atoms with Gasteiger partial charge in [0.2, 0.25) is 0 Å². The van der Waals surface area contributed by atoms with Crippen LogP contribution < -0.4 is 0 Å². The number of fused-ring (bicyclic) bond motifs is 13. The molecule has 79 heavy (non-hydrogen) atoms. The molecule has 0 radical (unpaired) electrons. The van der Waals surface area contributed by atoms with E-state index < -0.39 is 0 Å². The summed E-state index contributed by atoms with van der Waals surface area (Å²) in [5, 5.41) is 17.1. The molecule has 0 spiro atoms. The van der Waals surface area contributed by atoms with Crippen molar-refractivity contribution in [2.24, 2.45) is 0 Å². The summed E-state index contributed by atoms with van der Waals surface area (Å²) < 4.78 is 12.5. The lowest BCUT2D eigenvalue weighted by Crippen LogP contribution is -1.91. The van der Waals surface area contributed by atoms with Crippen molar-refractivity contribution < 1.29 is 4.42 Å². The molecule has 0 aliphatic rings. The van der Waals surface area contributed by atoms with E-state index in [9.17, 15) is 0 Å². The van der Waals surface area contributed by atoms with Crippen LogP contribution in [0.25, 0.3) is 172 Å². The van der Waals surface area contributed by atoms with Crippen molar-refractivity contribution in [1.82, 2.24) is 0 Å². The molecule has 0 fully saturated rings. The van der Waals surface area contributed by atoms with Gasteiger partial charge >= 0.3 is 0 Å². The normalized spacial score (nSPS) is 12.1. The number of hydrogen-bond acceptors (Lipinski definition) is 3. The Morgan fingerprint density at radius 2 is 0.544 bits per heavy atom. The highest BCUT2D eigenvalue weighted by molar-refractivity contribution is 7.26. The number of furan rings is 1. The largest absolute Gasteiger partial charge is 0.455 e. The van der Waals surface area contributed by atoms with Gasteiger partial charge in [-0.1, -0.05) is 212 Å². The summed E-state index contributed by atoms with van der Waals surface area (Å²) in [6, 6.07) is 98.9. The molecule has 14 aromatic carbocycles. The highest BCUT2D eigenvalue weighted by Crippen LogP contribution is 2.52. The molecule has 0 bridgehead atoms. The smallest absolute Gasteiger partial charge is 0.143 e. The van der Waals surface area contributed by atoms with Crippen LogP contribution in [0.3, 0.4) is 0 Å². The maximum Gasteiger partial charge on any atom is 0.143 e. The van der Waals surface area contributed by atoms with Crippen LogP contribution in [0.5, 0.6) is 0 Å². The van der Waals surface area contributed by atoms with Gasteiger partial charge in [0.25, 0.3) is 0 Å². The van der Waals surface area contributed by atoms with Gasteiger partial charge in [-0.3, -0.25) is 0 Å². The van der Waals surface area contributed by atoms with Crippen LogP contribution >= 0.6 is 22.7 Å². The molecule has 17 aromatic rings. The number of para-hydroxylation sites is 1. The Hall–Kier alpha value is -9.64. The molecule has 3 heteroatoms. The Morgan fingerprint density at radius 1 is 0.215 bits per heavy atom. The maximum atomic E-state index is 7.26. The molecular weight excluding hydrogens is 993 g/mol. The first-order chi connectivity index (χ1) is 39.2. The van der Waals surface area contributed by atoms with Crippen molar-refractivity contribution in [3.8, 4) is 66.8 Å². The standard InChI is InChI=1S/C76H44OS2/c1-3-17-45(18-4-1)47-33-37-67-62(41-47)64-43-49(35-39-69(64)78-67)71-51-21-7-11-25-55(51)73(56-26-12-8-22-52(56)71)59-29-16-32-66-75(59)61-31-15-30-60(76(61)77-66)74-57-27-13-9-23-53(57)72(54-24-10-14-28-58(54)74)50-36-40-70-65(44-50)63-42-48(34-38-68(63)79-70)46-19-5-2-6-20-46/h1-44H. The second-order valence-electron chi connectivity index (χ2n) is 20.9. The summed E-state index contributed by atoms with van der Waals surface area (Å²) in [5.41, 5.74) is 16.3. The summed E-state index contributed by atoms with van der Waals surface area (Å²) >= 11 is 3.74. The molecule has 366 valence electrons. The maximum absolute atomic E-state index is 7.26. The lowest BCUT2D eigenvalue weighted by atomic mass is 9.84. The number of rotatable bonds is 6. The lowest BCUT2D eigenvalue weighted by molar-refractivity contribution is 0.670. The summed E-state index contributed by atoms with van der Waals surface area (Å²) in [5.74, 6) is 0. The predicted octanol–water partition coefficient (Wildman–Crippen LogP) is 22.9. The van der Waals surface area contributed by atoms with E-state index in [-0.39, 0.29) is 0 Å². The van der Waals surface area contributed by atoms with Crippen LogP contribution in [0.15, 0.2) is 271 Å². The third-order valence-electron chi connectivity index (χ3n) is 16.7. The Morgan fingerprint density at radius 3 is 0.975 bits per heavy atom. The van der Waals surface area contributed by atoms with E-state index in [2.05, 4.69) is 267 Å². The number of hydrogen-bond donors (Lipinski definition) is 0. The Labute approximate surface area is 463 Å². The van der Waals surface area contributed by atoms with Crippen LogP contribution in [0.4, 0.5) is 0 Å². The third-order valence-corrected chi connectivity index (χ3v) is 19.0. The molecule has 0 unspecified atom stereocenters. The van der Waals surface area contributed by atoms with Gasteiger partial charge in [-0.2, -0.15) is 0 Å². The second-order valence-corrected chi connectivity index (χ2v) is 23.1. The van der Waals surface area contributed by atoms with E-state index in [1.54, 1.807) is 0 Å². The SMILES string of the molecule is c1ccc(-c2ccc3sc4ccc(-c5c6ccccc6c(-c6cccc7c6oc6cccc(-c8c9ccccc9c(-c9ccc%10sc%11ccc(-c%12ccccc%12)cc%11c%10c9)c9ccccc89)c67)c6ccccc56)cc4c3c2)cc1. The monoisotopic (exact) mass is 1040 g/mol. The fraction of sp³-hybridized carbons (Fsp3) is 0. The van der Waals surface area contributed by atoms with Crippen LogP contribution in [0, 0.1) is 0 Å². The molecule has 0 saturated carbocycles. The van der Waals surface area contributed by atoms with Crippen LogP contribution in [0.1, 0.15) is 0 Å². The second kappa shape index (κ2) is 17.4. The first-order valence-electron chi connectivity index (χ1n) is 27.0. The van der Waals surface area contributed by atoms with E-state index in [1.807, 2.05) is 22.7 Å². The van der Waals surface area contributed by atoms with Crippen molar-refractivity contribution in [2.75, 3.05) is 0 Å². The van der Waals surface area contributed by atoms with Gasteiger partial charge in [0.1, 0.15) is 11.2 Å². The summed E-state index contributed by atoms with van der Waals surface area (Å²) in [6.45, 7) is 0. The Kier molecular flexibility index (Phi) is 9.82. The van der Waals surface area contributed by atoms with Crippen molar-refractivity contribution in [1.29, 1.82) is 0 Å². The summed E-state index contributed by atoms with van der Waals surface area (Å²) in [7, 11) is 0. The molecular formula is C76H44OS2. The topological polar surface area (TPSA) is 13.1 Å². The zero-order valence-corrected chi connectivity index (χ0v) is 44.3. The predicted molar refractivity (Wildman–Crippen MR) is 342 cm³/mol. The Bertz CT molecular complexity index is 5250. The van der Waals surface area contributed by atoms with Gasteiger partial charge in [0.15, 0.2) is 0 Å². The van der Waals surface area contributed by atoms with Crippen molar-refractivity contribution in [3.05, 3.63) is 267 Å². The van der Waals surface area contributed by atoms with Crippen molar-refractivity contribution >= 4 is 128 Å². The summed E-state index contributed by atoms with van der Waals surface area (Å²) in [6.07, 6.45) is 0. The van der Waals surface area contributed by atoms with E-state index in [1.165, 1.54) is 139 Å². The van der Waals surface area contributed by atoms with E-state index in [0.717, 1.165) is 33.1 Å². The molecule has 0 aliphatic carbocycles. The van der Waals surface area contributed by atoms with E-state index in [4.69, 9.17) is 4.42 Å². The van der Waals surface area contributed by atoms with Gasteiger partial charge in [-0.15, -0.1) is 22.7 Å². The number of benzene rings is 14. The average molecular weight is 1040 g/mol. The lowest BCUT2D eigenvalue weighted by Gasteiger charge is -2.18. The molecule has 3 aromatic heterocycles. The van der Waals surface area contributed by atoms with Crippen molar-refractivity contribution in [2.45, 2.75) is 0 Å². The van der Waals surface area contributed by atoms with E-state index in [0.29, 0.717) is 0 Å². The van der Waals surface area contributed by atoms with Gasteiger partial charge < -0.3 is 4.42 Å². The van der Waals surface area contributed by atoms with Gasteiger partial charge in [0, 0.05) is 62.2 Å². The highest BCUT2D eigenvalue weighted by atomic mass is 32.1. The minimum atomic E-state index is 0.874. The minimum absolute atomic E-state index is 0.874. The molecule has 0 N–H and O–H groups in total. The number of thiophene rings is 2. The zero-order valence-electron chi connectivity index (χ0n) is 42.6. The first kappa shape index (κ1) is 44.5. The molecule has 0 saturated heterocycles. The molecule has 0 atom stereocenters. The van der Waals surface area contributed by atoms with Crippen LogP contribution in [-0.2, 0) is 0 Å². The molecule has 17 rings (SSSR count). The minimum Gasteiger partial charge on any atom is -0.455 e. The molecule has 3 heterocycles. The average Bonchev–Trinajstić information content (AvgIpc) is 4.43. The first-order valence-corrected chi connectivity index (χ1v) is 28.7. The fourth-order valence-corrected chi connectivity index (χ4v) is 15.3.